The Kier molecular flexibility index (Phi) is 4.90. The van der Waals surface area contributed by atoms with Crippen molar-refractivity contribution in [1.29, 1.82) is 0 Å². The van der Waals surface area contributed by atoms with Gasteiger partial charge in [-0.15, -0.1) is 6.54 Å². The Morgan fingerprint density at radius 3 is 2.64 bits per heavy atom. The summed E-state index contributed by atoms with van der Waals surface area (Å²) in [7, 11) is 1.85. The zero-order chi connectivity index (χ0) is 10.4. The maximum Gasteiger partial charge on any atom is 0.217 e. The van der Waals surface area contributed by atoms with Crippen molar-refractivity contribution in [3.05, 3.63) is 5.32 Å². The topological polar surface area (TPSA) is 46.4 Å². The number of amides is 1. The molecule has 0 aromatic rings. The zero-order valence-electron chi connectivity index (χ0n) is 9.12. The van der Waals surface area contributed by atoms with E-state index in [0.29, 0.717) is 6.04 Å². The molecule has 1 fully saturated rings. The van der Waals surface area contributed by atoms with Crippen molar-refractivity contribution in [2.45, 2.75) is 25.8 Å². The molecule has 0 aromatic carbocycles. The molecule has 1 heterocycles. The SMILES string of the molecule is C[N-]CCN1CCC(NC(C)=O)CC1. The van der Waals surface area contributed by atoms with Gasteiger partial charge in [-0.25, -0.2) is 0 Å². The minimum atomic E-state index is 0.0898. The first-order valence-electron chi connectivity index (χ1n) is 5.27. The van der Waals surface area contributed by atoms with E-state index in [1.165, 1.54) is 0 Å². The van der Waals surface area contributed by atoms with Crippen molar-refractivity contribution >= 4 is 5.91 Å². The van der Waals surface area contributed by atoms with Crippen LogP contribution in [0.5, 0.6) is 0 Å². The van der Waals surface area contributed by atoms with Crippen LogP contribution < -0.4 is 5.32 Å². The number of nitrogens with one attached hydrogen (secondary N) is 1. The molecule has 1 aliphatic heterocycles. The summed E-state index contributed by atoms with van der Waals surface area (Å²) in [6.45, 7) is 5.73. The van der Waals surface area contributed by atoms with Gasteiger partial charge in [0.15, 0.2) is 0 Å². The van der Waals surface area contributed by atoms with Gasteiger partial charge in [0.1, 0.15) is 0 Å². The highest BCUT2D eigenvalue weighted by Gasteiger charge is 2.18. The van der Waals surface area contributed by atoms with Crippen LogP contribution in [0.1, 0.15) is 19.8 Å². The highest BCUT2D eigenvalue weighted by atomic mass is 16.1. The van der Waals surface area contributed by atoms with Crippen LogP contribution in [0.2, 0.25) is 0 Å². The minimum Gasteiger partial charge on any atom is -0.664 e. The molecule has 4 heteroatoms. The Hall–Kier alpha value is -0.610. The lowest BCUT2D eigenvalue weighted by Crippen LogP contribution is -2.44. The summed E-state index contributed by atoms with van der Waals surface area (Å²) in [6.07, 6.45) is 2.15. The number of rotatable bonds is 4. The van der Waals surface area contributed by atoms with Gasteiger partial charge in [-0.2, -0.15) is 7.05 Å². The van der Waals surface area contributed by atoms with Crippen molar-refractivity contribution in [1.82, 2.24) is 10.2 Å². The Bertz CT molecular complexity index is 176. The summed E-state index contributed by atoms with van der Waals surface area (Å²) < 4.78 is 0. The fraction of sp³-hybridized carbons (Fsp3) is 0.900. The maximum atomic E-state index is 10.8. The Morgan fingerprint density at radius 2 is 2.14 bits per heavy atom. The molecule has 1 rings (SSSR count). The molecule has 0 saturated carbocycles. The molecule has 0 aliphatic carbocycles. The standard InChI is InChI=1S/C10H20N3O/c1-9(14)12-10-3-6-13(7-4-10)8-5-11-2/h10H,3-8H2,1-2H3,(H,12,14)/q-1. The third-order valence-corrected chi connectivity index (χ3v) is 2.63. The first kappa shape index (κ1) is 11.5. The Balaban J connectivity index is 2.14. The third-order valence-electron chi connectivity index (χ3n) is 2.63. The second-order valence-corrected chi connectivity index (χ2v) is 3.86. The number of carbonyl (C=O) groups excluding carboxylic acids is 1. The number of likely N-dealkylation sites (tertiary alicyclic amines) is 1. The zero-order valence-corrected chi connectivity index (χ0v) is 9.12. The summed E-state index contributed by atoms with van der Waals surface area (Å²) in [5, 5.41) is 7.06. The van der Waals surface area contributed by atoms with Crippen molar-refractivity contribution in [3.63, 3.8) is 0 Å². The predicted octanol–water partition coefficient (Wildman–Crippen LogP) is 0.590. The number of nitrogens with zero attached hydrogens (tertiary/aromatic N) is 2. The number of piperidine rings is 1. The van der Waals surface area contributed by atoms with E-state index in [1.807, 2.05) is 7.05 Å². The Morgan fingerprint density at radius 1 is 1.50 bits per heavy atom. The normalized spacial score (nSPS) is 19.6. The molecule has 14 heavy (non-hydrogen) atoms. The molecule has 4 nitrogen and oxygen atoms in total. The summed E-state index contributed by atoms with van der Waals surface area (Å²) >= 11 is 0. The average Bonchev–Trinajstić information content (AvgIpc) is 2.16. The van der Waals surface area contributed by atoms with E-state index >= 15 is 0 Å². The van der Waals surface area contributed by atoms with Crippen LogP contribution in [0, 0.1) is 0 Å². The highest BCUT2D eigenvalue weighted by Crippen LogP contribution is 2.09. The highest BCUT2D eigenvalue weighted by molar-refractivity contribution is 5.73. The van der Waals surface area contributed by atoms with Crippen molar-refractivity contribution in [3.8, 4) is 0 Å². The van der Waals surface area contributed by atoms with Gasteiger partial charge in [0.05, 0.1) is 0 Å². The smallest absolute Gasteiger partial charge is 0.217 e. The van der Waals surface area contributed by atoms with Crippen LogP contribution in [0.4, 0.5) is 0 Å². The van der Waals surface area contributed by atoms with E-state index in [-0.39, 0.29) is 5.91 Å². The molecule has 0 atom stereocenters. The van der Waals surface area contributed by atoms with Gasteiger partial charge >= 0.3 is 0 Å². The van der Waals surface area contributed by atoms with Crippen molar-refractivity contribution in [2.24, 2.45) is 0 Å². The average molecular weight is 198 g/mol. The Labute approximate surface area is 86.0 Å². The molecule has 0 radical (unpaired) electrons. The van der Waals surface area contributed by atoms with Gasteiger partial charge in [0.2, 0.25) is 5.91 Å². The van der Waals surface area contributed by atoms with Crippen molar-refractivity contribution in [2.75, 3.05) is 33.2 Å². The van der Waals surface area contributed by atoms with Gasteiger partial charge in [0.25, 0.3) is 0 Å². The van der Waals surface area contributed by atoms with E-state index in [4.69, 9.17) is 0 Å². The van der Waals surface area contributed by atoms with E-state index < -0.39 is 0 Å². The van der Waals surface area contributed by atoms with Crippen LogP contribution in [-0.2, 0) is 4.79 Å². The van der Waals surface area contributed by atoms with E-state index in [0.717, 1.165) is 39.0 Å². The summed E-state index contributed by atoms with van der Waals surface area (Å²) in [6, 6.07) is 0.391. The van der Waals surface area contributed by atoms with Crippen LogP contribution >= 0.6 is 0 Å². The molecule has 0 bridgehead atoms. The first-order chi connectivity index (χ1) is 6.72. The summed E-state index contributed by atoms with van der Waals surface area (Å²) in [5.74, 6) is 0.0898. The molecule has 82 valence electrons. The minimum absolute atomic E-state index is 0.0898. The second kappa shape index (κ2) is 5.98. The van der Waals surface area contributed by atoms with E-state index in [9.17, 15) is 4.79 Å². The molecular formula is C10H20N3O-. The summed E-state index contributed by atoms with van der Waals surface area (Å²) in [5.41, 5.74) is 0. The summed E-state index contributed by atoms with van der Waals surface area (Å²) in [4.78, 5) is 13.2. The predicted molar refractivity (Wildman–Crippen MR) is 57.4 cm³/mol. The molecule has 1 saturated heterocycles. The van der Waals surface area contributed by atoms with Crippen molar-refractivity contribution < 1.29 is 4.79 Å². The van der Waals surface area contributed by atoms with Gasteiger partial charge in [0, 0.05) is 26.1 Å². The largest absolute Gasteiger partial charge is 0.664 e. The van der Waals surface area contributed by atoms with E-state index in [2.05, 4.69) is 15.5 Å². The van der Waals surface area contributed by atoms with Gasteiger partial charge in [-0.05, 0) is 19.4 Å². The van der Waals surface area contributed by atoms with E-state index in [1.54, 1.807) is 6.92 Å². The van der Waals surface area contributed by atoms with Gasteiger partial charge < -0.3 is 15.5 Å². The molecule has 0 unspecified atom stereocenters. The molecule has 1 amide bonds. The monoisotopic (exact) mass is 198 g/mol. The van der Waals surface area contributed by atoms with Crippen LogP contribution in [0.25, 0.3) is 5.32 Å². The molecular weight excluding hydrogens is 178 g/mol. The quantitative estimate of drug-likeness (QED) is 0.718. The molecule has 1 aliphatic rings. The number of hydrogen-bond donors (Lipinski definition) is 1. The molecule has 1 N–H and O–H groups in total. The second-order valence-electron chi connectivity index (χ2n) is 3.86. The fourth-order valence-corrected chi connectivity index (χ4v) is 1.83. The third kappa shape index (κ3) is 4.07. The maximum absolute atomic E-state index is 10.8. The van der Waals surface area contributed by atoms with Gasteiger partial charge in [-0.3, -0.25) is 4.79 Å². The molecule has 0 aromatic heterocycles. The number of hydrogen-bond acceptors (Lipinski definition) is 2. The number of likely N-dealkylation sites (N-methyl/N-ethyl adjacent to an activating group) is 1. The van der Waals surface area contributed by atoms with Crippen LogP contribution in [-0.4, -0.2) is 50.1 Å². The lowest BCUT2D eigenvalue weighted by molar-refractivity contribution is -0.119. The lowest BCUT2D eigenvalue weighted by atomic mass is 10.1. The van der Waals surface area contributed by atoms with Crippen LogP contribution in [0.3, 0.4) is 0 Å². The van der Waals surface area contributed by atoms with Gasteiger partial charge in [-0.1, -0.05) is 0 Å². The lowest BCUT2D eigenvalue weighted by Gasteiger charge is -2.33. The first-order valence-corrected chi connectivity index (χ1v) is 5.27. The molecule has 0 spiro atoms. The fourth-order valence-electron chi connectivity index (χ4n) is 1.83. The number of carbonyl (C=O) groups is 1. The van der Waals surface area contributed by atoms with Crippen LogP contribution in [0.15, 0.2) is 0 Å².